The fraction of sp³-hybridized carbons (Fsp3) is 0.588. The zero-order chi connectivity index (χ0) is 18.0. The van der Waals surface area contributed by atoms with Crippen LogP contribution in [0.5, 0.6) is 0 Å². The molecule has 1 N–H and O–H groups in total. The van der Waals surface area contributed by atoms with Crippen molar-refractivity contribution >= 4 is 16.1 Å². The number of hydrogen-bond acceptors (Lipinski definition) is 3. The van der Waals surface area contributed by atoms with Crippen molar-refractivity contribution in [3.8, 4) is 0 Å². The first-order valence-electron chi connectivity index (χ1n) is 8.23. The van der Waals surface area contributed by atoms with Gasteiger partial charge in [-0.15, -0.1) is 0 Å². The highest BCUT2D eigenvalue weighted by Crippen LogP contribution is 2.19. The van der Waals surface area contributed by atoms with Gasteiger partial charge >= 0.3 is 6.03 Å². The van der Waals surface area contributed by atoms with Crippen LogP contribution in [-0.4, -0.2) is 55.4 Å². The fourth-order valence-electron chi connectivity index (χ4n) is 2.66. The van der Waals surface area contributed by atoms with Crippen LogP contribution in [0, 0.1) is 6.92 Å². The van der Waals surface area contributed by atoms with Crippen molar-refractivity contribution in [3.63, 3.8) is 0 Å². The van der Waals surface area contributed by atoms with Crippen LogP contribution in [0.25, 0.3) is 0 Å². The molecule has 7 heteroatoms. The second kappa shape index (κ2) is 7.11. The van der Waals surface area contributed by atoms with Crippen LogP contribution in [0.1, 0.15) is 32.8 Å². The number of nitrogens with one attached hydrogen (secondary N) is 1. The Bertz CT molecular complexity index is 695. The molecule has 1 aliphatic heterocycles. The highest BCUT2D eigenvalue weighted by atomic mass is 32.2. The van der Waals surface area contributed by atoms with E-state index in [4.69, 9.17) is 0 Å². The summed E-state index contributed by atoms with van der Waals surface area (Å²) in [6.45, 7) is 9.35. The summed E-state index contributed by atoms with van der Waals surface area (Å²) in [6.07, 6.45) is 0.628. The van der Waals surface area contributed by atoms with Gasteiger partial charge in [0, 0.05) is 31.7 Å². The summed E-state index contributed by atoms with van der Waals surface area (Å²) in [7, 11) is -3.52. The Morgan fingerprint density at radius 2 is 1.83 bits per heavy atom. The van der Waals surface area contributed by atoms with Crippen LogP contribution >= 0.6 is 0 Å². The highest BCUT2D eigenvalue weighted by Gasteiger charge is 2.29. The number of aryl methyl sites for hydroxylation is 1. The SMILES string of the molecule is Cc1cccc(S(=O)(=O)N2CCCN(C(=O)NC(C)(C)C)CC2)c1. The maximum atomic E-state index is 12.8. The molecule has 2 rings (SSSR count). The molecular weight excluding hydrogens is 326 g/mol. The fourth-order valence-corrected chi connectivity index (χ4v) is 4.24. The average Bonchev–Trinajstić information content (AvgIpc) is 2.72. The lowest BCUT2D eigenvalue weighted by molar-refractivity contribution is 0.191. The summed E-state index contributed by atoms with van der Waals surface area (Å²) >= 11 is 0. The predicted molar refractivity (Wildman–Crippen MR) is 94.4 cm³/mol. The normalized spacial score (nSPS) is 17.4. The molecule has 0 bridgehead atoms. The molecule has 0 radical (unpaired) electrons. The maximum absolute atomic E-state index is 12.8. The Morgan fingerprint density at radius 1 is 1.12 bits per heavy atom. The topological polar surface area (TPSA) is 69.7 Å². The molecule has 24 heavy (non-hydrogen) atoms. The summed E-state index contributed by atoms with van der Waals surface area (Å²) < 4.78 is 27.1. The number of carbonyl (C=O) groups is 1. The lowest BCUT2D eigenvalue weighted by atomic mass is 10.1. The Labute approximate surface area is 144 Å². The van der Waals surface area contributed by atoms with E-state index >= 15 is 0 Å². The van der Waals surface area contributed by atoms with Crippen molar-refractivity contribution in [3.05, 3.63) is 29.8 Å². The first-order valence-corrected chi connectivity index (χ1v) is 9.67. The minimum absolute atomic E-state index is 0.141. The number of amides is 2. The molecule has 0 aliphatic carbocycles. The maximum Gasteiger partial charge on any atom is 0.317 e. The average molecular weight is 353 g/mol. The second-order valence-electron chi connectivity index (χ2n) is 7.24. The van der Waals surface area contributed by atoms with E-state index < -0.39 is 10.0 Å². The molecule has 0 unspecified atom stereocenters. The summed E-state index contributed by atoms with van der Waals surface area (Å²) in [5.41, 5.74) is 0.605. The van der Waals surface area contributed by atoms with Gasteiger partial charge in [-0.1, -0.05) is 12.1 Å². The molecule has 1 heterocycles. The van der Waals surface area contributed by atoms with E-state index in [1.54, 1.807) is 23.1 Å². The largest absolute Gasteiger partial charge is 0.333 e. The zero-order valence-corrected chi connectivity index (χ0v) is 15.7. The molecule has 0 aromatic heterocycles. The third kappa shape index (κ3) is 4.70. The minimum Gasteiger partial charge on any atom is -0.333 e. The zero-order valence-electron chi connectivity index (χ0n) is 14.9. The first-order chi connectivity index (χ1) is 11.1. The Hall–Kier alpha value is -1.60. The van der Waals surface area contributed by atoms with Crippen molar-refractivity contribution in [1.82, 2.24) is 14.5 Å². The van der Waals surface area contributed by atoms with Crippen LogP contribution in [0.4, 0.5) is 4.79 Å². The van der Waals surface area contributed by atoms with E-state index in [0.717, 1.165) is 5.56 Å². The monoisotopic (exact) mass is 353 g/mol. The van der Waals surface area contributed by atoms with Gasteiger partial charge in [-0.05, 0) is 51.8 Å². The number of nitrogens with zero attached hydrogens (tertiary/aromatic N) is 2. The molecule has 2 amide bonds. The molecule has 1 aromatic rings. The number of benzene rings is 1. The minimum atomic E-state index is -3.52. The van der Waals surface area contributed by atoms with Gasteiger partial charge in [0.15, 0.2) is 0 Å². The van der Waals surface area contributed by atoms with Gasteiger partial charge in [-0.3, -0.25) is 0 Å². The van der Waals surface area contributed by atoms with Crippen molar-refractivity contribution in [2.75, 3.05) is 26.2 Å². The molecule has 1 aromatic carbocycles. The molecule has 6 nitrogen and oxygen atoms in total. The standard InChI is InChI=1S/C17H27N3O3S/c1-14-7-5-8-15(13-14)24(22,23)20-10-6-9-19(11-12-20)16(21)18-17(2,3)4/h5,7-8,13H,6,9-12H2,1-4H3,(H,18,21). The Morgan fingerprint density at radius 3 is 2.46 bits per heavy atom. The lowest BCUT2D eigenvalue weighted by Gasteiger charge is -2.27. The van der Waals surface area contributed by atoms with Crippen LogP contribution in [-0.2, 0) is 10.0 Å². The number of hydrogen-bond donors (Lipinski definition) is 1. The van der Waals surface area contributed by atoms with E-state index in [2.05, 4.69) is 5.32 Å². The number of sulfonamides is 1. The van der Waals surface area contributed by atoms with Gasteiger partial charge in [0.2, 0.25) is 10.0 Å². The lowest BCUT2D eigenvalue weighted by Crippen LogP contribution is -2.49. The predicted octanol–water partition coefficient (Wildman–Crippen LogP) is 2.20. The van der Waals surface area contributed by atoms with E-state index in [-0.39, 0.29) is 11.6 Å². The van der Waals surface area contributed by atoms with Gasteiger partial charge in [-0.2, -0.15) is 4.31 Å². The van der Waals surface area contributed by atoms with Gasteiger partial charge in [0.25, 0.3) is 0 Å². The van der Waals surface area contributed by atoms with Gasteiger partial charge < -0.3 is 10.2 Å². The van der Waals surface area contributed by atoms with Gasteiger partial charge in [0.1, 0.15) is 0 Å². The van der Waals surface area contributed by atoms with E-state index in [9.17, 15) is 13.2 Å². The van der Waals surface area contributed by atoms with Gasteiger partial charge in [-0.25, -0.2) is 13.2 Å². The van der Waals surface area contributed by atoms with E-state index in [1.165, 1.54) is 4.31 Å². The van der Waals surface area contributed by atoms with E-state index in [0.29, 0.717) is 37.5 Å². The quantitative estimate of drug-likeness (QED) is 0.886. The second-order valence-corrected chi connectivity index (χ2v) is 9.18. The molecule has 1 aliphatic rings. The summed E-state index contributed by atoms with van der Waals surface area (Å²) in [4.78, 5) is 14.3. The third-order valence-corrected chi connectivity index (χ3v) is 5.75. The molecule has 0 saturated carbocycles. The van der Waals surface area contributed by atoms with Gasteiger partial charge in [0.05, 0.1) is 4.90 Å². The van der Waals surface area contributed by atoms with E-state index in [1.807, 2.05) is 33.8 Å². The first kappa shape index (κ1) is 18.7. The van der Waals surface area contributed by atoms with Crippen molar-refractivity contribution in [1.29, 1.82) is 0 Å². The van der Waals surface area contributed by atoms with Crippen LogP contribution in [0.15, 0.2) is 29.2 Å². The summed E-state index contributed by atoms with van der Waals surface area (Å²) in [5, 5.41) is 2.93. The molecule has 134 valence electrons. The Balaban J connectivity index is 2.09. The van der Waals surface area contributed by atoms with Crippen molar-refractivity contribution < 1.29 is 13.2 Å². The van der Waals surface area contributed by atoms with Crippen LogP contribution in [0.2, 0.25) is 0 Å². The highest BCUT2D eigenvalue weighted by molar-refractivity contribution is 7.89. The molecule has 1 saturated heterocycles. The molecule has 1 fully saturated rings. The van der Waals surface area contributed by atoms with Crippen molar-refractivity contribution in [2.45, 2.75) is 44.6 Å². The molecular formula is C17H27N3O3S. The van der Waals surface area contributed by atoms with Crippen molar-refractivity contribution in [2.24, 2.45) is 0 Å². The number of rotatable bonds is 2. The van der Waals surface area contributed by atoms with Crippen LogP contribution < -0.4 is 5.32 Å². The summed E-state index contributed by atoms with van der Waals surface area (Å²) in [5.74, 6) is 0. The smallest absolute Gasteiger partial charge is 0.317 e. The number of urea groups is 1. The Kier molecular flexibility index (Phi) is 5.55. The van der Waals surface area contributed by atoms with Crippen LogP contribution in [0.3, 0.4) is 0 Å². The number of carbonyl (C=O) groups excluding carboxylic acids is 1. The third-order valence-electron chi connectivity index (χ3n) is 3.85. The molecule has 0 atom stereocenters. The summed E-state index contributed by atoms with van der Waals surface area (Å²) in [6, 6.07) is 6.79. The molecule has 0 spiro atoms.